The Morgan fingerprint density at radius 2 is 2.05 bits per heavy atom. The largest absolute Gasteiger partial charge is 0.310 e. The summed E-state index contributed by atoms with van der Waals surface area (Å²) in [5, 5.41) is 15.7. The van der Waals surface area contributed by atoms with Crippen molar-refractivity contribution < 1.29 is 0 Å². The van der Waals surface area contributed by atoms with Crippen LogP contribution in [0.5, 0.6) is 0 Å². The van der Waals surface area contributed by atoms with Crippen LogP contribution >= 0.6 is 0 Å². The van der Waals surface area contributed by atoms with Crippen molar-refractivity contribution in [1.29, 1.82) is 0 Å². The number of hydrogen-bond acceptors (Lipinski definition) is 4. The predicted molar refractivity (Wildman–Crippen MR) is 75.6 cm³/mol. The van der Waals surface area contributed by atoms with E-state index in [9.17, 15) is 0 Å². The van der Waals surface area contributed by atoms with E-state index in [1.807, 2.05) is 0 Å². The maximum atomic E-state index is 4.21. The lowest BCUT2D eigenvalue weighted by Gasteiger charge is -2.32. The second kappa shape index (κ2) is 6.46. The third-order valence-electron chi connectivity index (χ3n) is 4.31. The highest BCUT2D eigenvalue weighted by molar-refractivity contribution is 4.87. The molecule has 1 fully saturated rings. The molecule has 0 spiro atoms. The minimum atomic E-state index is 0.483. The summed E-state index contributed by atoms with van der Waals surface area (Å²) >= 11 is 0. The van der Waals surface area contributed by atoms with Crippen LogP contribution in [0.2, 0.25) is 0 Å². The van der Waals surface area contributed by atoms with E-state index in [1.54, 1.807) is 0 Å². The molecule has 1 N–H and O–H groups in total. The van der Waals surface area contributed by atoms with E-state index in [0.29, 0.717) is 12.0 Å². The van der Waals surface area contributed by atoms with Gasteiger partial charge in [0.05, 0.1) is 12.6 Å². The lowest BCUT2D eigenvalue weighted by atomic mass is 9.79. The number of nitrogens with one attached hydrogen (secondary N) is 1. The molecule has 5 heteroatoms. The minimum absolute atomic E-state index is 0.483. The first-order valence-corrected chi connectivity index (χ1v) is 7.55. The molecular weight excluding hydrogens is 238 g/mol. The zero-order valence-corrected chi connectivity index (χ0v) is 12.6. The van der Waals surface area contributed by atoms with Crippen LogP contribution in [0.3, 0.4) is 0 Å². The van der Waals surface area contributed by atoms with Gasteiger partial charge in [-0.2, -0.15) is 0 Å². The lowest BCUT2D eigenvalue weighted by Crippen LogP contribution is -2.27. The molecule has 0 amide bonds. The second-order valence-electron chi connectivity index (χ2n) is 6.49. The molecule has 108 valence electrons. The molecule has 1 aliphatic rings. The molecule has 5 nitrogen and oxygen atoms in total. The predicted octanol–water partition coefficient (Wildman–Crippen LogP) is 2.42. The van der Waals surface area contributed by atoms with Gasteiger partial charge >= 0.3 is 0 Å². The van der Waals surface area contributed by atoms with Crippen molar-refractivity contribution in [1.82, 2.24) is 25.5 Å². The van der Waals surface area contributed by atoms with Gasteiger partial charge in [0.2, 0.25) is 0 Å². The van der Waals surface area contributed by atoms with Gasteiger partial charge in [0.25, 0.3) is 0 Å². The Morgan fingerprint density at radius 1 is 1.26 bits per heavy atom. The SMILES string of the molecule is CC(C)CNCc1nnnn1C1CCC(C)C(C)C1. The van der Waals surface area contributed by atoms with E-state index in [2.05, 4.69) is 53.2 Å². The van der Waals surface area contributed by atoms with Gasteiger partial charge in [-0.05, 0) is 54.0 Å². The third-order valence-corrected chi connectivity index (χ3v) is 4.31. The van der Waals surface area contributed by atoms with Gasteiger partial charge in [-0.1, -0.05) is 27.7 Å². The Hall–Kier alpha value is -0.970. The zero-order chi connectivity index (χ0) is 13.8. The maximum absolute atomic E-state index is 4.21. The molecule has 1 saturated carbocycles. The van der Waals surface area contributed by atoms with Gasteiger partial charge < -0.3 is 5.32 Å². The molecule has 0 aromatic carbocycles. The molecule has 3 unspecified atom stereocenters. The van der Waals surface area contributed by atoms with Gasteiger partial charge in [0, 0.05) is 0 Å². The van der Waals surface area contributed by atoms with Crippen molar-refractivity contribution in [3.8, 4) is 0 Å². The average molecular weight is 265 g/mol. The van der Waals surface area contributed by atoms with Crippen LogP contribution in [0.1, 0.15) is 58.8 Å². The molecule has 0 saturated heterocycles. The number of rotatable bonds is 5. The van der Waals surface area contributed by atoms with Gasteiger partial charge in [-0.25, -0.2) is 4.68 Å². The van der Waals surface area contributed by atoms with Gasteiger partial charge in [0.1, 0.15) is 0 Å². The Morgan fingerprint density at radius 3 is 2.74 bits per heavy atom. The lowest BCUT2D eigenvalue weighted by molar-refractivity contribution is 0.195. The van der Waals surface area contributed by atoms with Crippen molar-refractivity contribution in [2.45, 2.75) is 59.5 Å². The number of nitrogens with zero attached hydrogens (tertiary/aromatic N) is 4. The molecule has 0 aliphatic heterocycles. The van der Waals surface area contributed by atoms with Crippen molar-refractivity contribution in [3.05, 3.63) is 5.82 Å². The summed E-state index contributed by atoms with van der Waals surface area (Å²) < 4.78 is 2.05. The monoisotopic (exact) mass is 265 g/mol. The number of tetrazole rings is 1. The van der Waals surface area contributed by atoms with Crippen LogP contribution in [-0.4, -0.2) is 26.8 Å². The van der Waals surface area contributed by atoms with Crippen LogP contribution < -0.4 is 5.32 Å². The molecule has 1 aromatic heterocycles. The fraction of sp³-hybridized carbons (Fsp3) is 0.929. The highest BCUT2D eigenvalue weighted by Crippen LogP contribution is 2.35. The molecule has 19 heavy (non-hydrogen) atoms. The fourth-order valence-electron chi connectivity index (χ4n) is 2.83. The summed E-state index contributed by atoms with van der Waals surface area (Å²) in [6.07, 6.45) is 3.68. The van der Waals surface area contributed by atoms with E-state index in [0.717, 1.165) is 30.7 Å². The van der Waals surface area contributed by atoms with E-state index in [1.165, 1.54) is 19.3 Å². The second-order valence-corrected chi connectivity index (χ2v) is 6.49. The first-order valence-electron chi connectivity index (χ1n) is 7.55. The fourth-order valence-corrected chi connectivity index (χ4v) is 2.83. The highest BCUT2D eigenvalue weighted by Gasteiger charge is 2.27. The van der Waals surface area contributed by atoms with Crippen molar-refractivity contribution in [3.63, 3.8) is 0 Å². The Bertz CT molecular complexity index is 387. The third kappa shape index (κ3) is 3.75. The van der Waals surface area contributed by atoms with E-state index >= 15 is 0 Å². The van der Waals surface area contributed by atoms with E-state index in [-0.39, 0.29) is 0 Å². The molecule has 1 aliphatic carbocycles. The van der Waals surface area contributed by atoms with Crippen LogP contribution in [-0.2, 0) is 6.54 Å². The van der Waals surface area contributed by atoms with Gasteiger partial charge in [-0.15, -0.1) is 5.10 Å². The first-order chi connectivity index (χ1) is 9.08. The smallest absolute Gasteiger partial charge is 0.165 e. The first kappa shape index (κ1) is 14.4. The summed E-state index contributed by atoms with van der Waals surface area (Å²) in [4.78, 5) is 0. The number of hydrogen-bond donors (Lipinski definition) is 1. The minimum Gasteiger partial charge on any atom is -0.310 e. The van der Waals surface area contributed by atoms with Crippen LogP contribution in [0.25, 0.3) is 0 Å². The summed E-state index contributed by atoms with van der Waals surface area (Å²) in [5.41, 5.74) is 0. The van der Waals surface area contributed by atoms with Crippen LogP contribution in [0.4, 0.5) is 0 Å². The number of aromatic nitrogens is 4. The van der Waals surface area contributed by atoms with Gasteiger partial charge in [-0.3, -0.25) is 0 Å². The highest BCUT2D eigenvalue weighted by atomic mass is 15.6. The van der Waals surface area contributed by atoms with Crippen molar-refractivity contribution >= 4 is 0 Å². The standard InChI is InChI=1S/C14H27N5/c1-10(2)8-15-9-14-16-17-18-19(14)13-6-5-11(3)12(4)7-13/h10-13,15H,5-9H2,1-4H3. The van der Waals surface area contributed by atoms with Crippen molar-refractivity contribution in [2.75, 3.05) is 6.54 Å². The molecule has 0 radical (unpaired) electrons. The van der Waals surface area contributed by atoms with Crippen LogP contribution in [0.15, 0.2) is 0 Å². The molecule has 1 aromatic rings. The summed E-state index contributed by atoms with van der Waals surface area (Å²) in [6, 6.07) is 0.483. The maximum Gasteiger partial charge on any atom is 0.165 e. The molecular formula is C14H27N5. The molecule has 0 bridgehead atoms. The quantitative estimate of drug-likeness (QED) is 0.888. The normalized spacial score (nSPS) is 27.9. The summed E-state index contributed by atoms with van der Waals surface area (Å²) in [7, 11) is 0. The van der Waals surface area contributed by atoms with Crippen LogP contribution in [0, 0.1) is 17.8 Å². The Labute approximate surface area is 116 Å². The van der Waals surface area contributed by atoms with E-state index in [4.69, 9.17) is 0 Å². The van der Waals surface area contributed by atoms with E-state index < -0.39 is 0 Å². The molecule has 1 heterocycles. The molecule has 2 rings (SSSR count). The Balaban J connectivity index is 1.95. The Kier molecular flexibility index (Phi) is 4.91. The average Bonchev–Trinajstić information content (AvgIpc) is 2.80. The molecule has 3 atom stereocenters. The summed E-state index contributed by atoms with van der Waals surface area (Å²) in [5.74, 6) is 3.22. The van der Waals surface area contributed by atoms with Crippen molar-refractivity contribution in [2.24, 2.45) is 17.8 Å². The van der Waals surface area contributed by atoms with Gasteiger partial charge in [0.15, 0.2) is 5.82 Å². The summed E-state index contributed by atoms with van der Waals surface area (Å²) in [6.45, 7) is 10.9. The topological polar surface area (TPSA) is 55.6 Å². The zero-order valence-electron chi connectivity index (χ0n) is 12.6.